The molecule has 2 fully saturated rings. The van der Waals surface area contributed by atoms with Crippen molar-refractivity contribution in [3.05, 3.63) is 42.0 Å². The van der Waals surface area contributed by atoms with Gasteiger partial charge >= 0.3 is 14.2 Å². The molecule has 0 radical (unpaired) electrons. The highest BCUT2D eigenvalue weighted by molar-refractivity contribution is 6.65. The Bertz CT molecular complexity index is 960. The fourth-order valence-corrected chi connectivity index (χ4v) is 4.69. The lowest BCUT2D eigenvalue weighted by Gasteiger charge is -2.32. The Hall–Kier alpha value is -1.33. The molecule has 1 aromatic carbocycles. The third kappa shape index (κ3) is 4.48. The molecule has 0 bridgehead atoms. The summed E-state index contributed by atoms with van der Waals surface area (Å²) >= 11 is 0. The van der Waals surface area contributed by atoms with Crippen molar-refractivity contribution in [1.29, 1.82) is 0 Å². The first kappa shape index (κ1) is 25.8. The van der Waals surface area contributed by atoms with Crippen LogP contribution in [0.4, 0.5) is 0 Å². The number of allylic oxidation sites excluding steroid dienone is 4. The van der Waals surface area contributed by atoms with Crippen molar-refractivity contribution in [2.24, 2.45) is 11.8 Å². The molecular weight excluding hydrogens is 422 g/mol. The standard InChI is InChI=1S/C28H42B2O4/c1-11-19(2)20-12-14-21(15-13-20)23-18-22(29-31-25(3,4)26(5,6)32-29)16-17-24(23)30-33-27(7,8)28(9,10)34-30/h12,14-20H,11,13H2,1-10H3. The Morgan fingerprint density at radius 1 is 0.853 bits per heavy atom. The van der Waals surface area contributed by atoms with E-state index in [0.29, 0.717) is 11.8 Å². The molecule has 0 saturated carbocycles. The summed E-state index contributed by atoms with van der Waals surface area (Å²) in [6.45, 7) is 21.4. The molecule has 2 unspecified atom stereocenters. The summed E-state index contributed by atoms with van der Waals surface area (Å²) in [4.78, 5) is 0. The van der Waals surface area contributed by atoms with Crippen LogP contribution in [0.15, 0.2) is 36.4 Å². The topological polar surface area (TPSA) is 36.9 Å². The van der Waals surface area contributed by atoms with Crippen molar-refractivity contribution >= 4 is 30.7 Å². The van der Waals surface area contributed by atoms with Crippen LogP contribution in [0.3, 0.4) is 0 Å². The largest absolute Gasteiger partial charge is 0.495 e. The summed E-state index contributed by atoms with van der Waals surface area (Å²) < 4.78 is 25.6. The van der Waals surface area contributed by atoms with E-state index in [9.17, 15) is 0 Å². The van der Waals surface area contributed by atoms with E-state index in [2.05, 4.69) is 106 Å². The van der Waals surface area contributed by atoms with E-state index in [0.717, 1.165) is 22.9 Å². The lowest BCUT2D eigenvalue weighted by Crippen LogP contribution is -2.41. The van der Waals surface area contributed by atoms with Crippen molar-refractivity contribution in [2.45, 2.75) is 104 Å². The van der Waals surface area contributed by atoms with Crippen LogP contribution in [0.1, 0.15) is 87.6 Å². The van der Waals surface area contributed by atoms with Crippen LogP contribution < -0.4 is 10.9 Å². The highest BCUT2D eigenvalue weighted by atomic mass is 16.7. The molecule has 1 aliphatic carbocycles. The van der Waals surface area contributed by atoms with Crippen molar-refractivity contribution in [3.8, 4) is 0 Å². The van der Waals surface area contributed by atoms with Crippen LogP contribution in [0.25, 0.3) is 5.57 Å². The van der Waals surface area contributed by atoms with Gasteiger partial charge in [0.1, 0.15) is 0 Å². The second-order valence-electron chi connectivity index (χ2n) is 12.3. The fraction of sp³-hybridized carbons (Fsp3) is 0.643. The van der Waals surface area contributed by atoms with Gasteiger partial charge in [0.25, 0.3) is 0 Å². The molecule has 0 spiro atoms. The van der Waals surface area contributed by atoms with E-state index >= 15 is 0 Å². The normalized spacial score (nSPS) is 27.7. The molecule has 2 atom stereocenters. The molecular formula is C28H42B2O4. The lowest BCUT2D eigenvalue weighted by molar-refractivity contribution is 0.00578. The van der Waals surface area contributed by atoms with E-state index < -0.39 is 25.4 Å². The minimum atomic E-state index is -0.422. The summed E-state index contributed by atoms with van der Waals surface area (Å²) in [6.07, 6.45) is 9.26. The second kappa shape index (κ2) is 8.65. The van der Waals surface area contributed by atoms with Crippen LogP contribution in [-0.4, -0.2) is 36.6 Å². The zero-order chi connectivity index (χ0) is 25.1. The summed E-state index contributed by atoms with van der Waals surface area (Å²) in [6, 6.07) is 6.44. The van der Waals surface area contributed by atoms with Crippen molar-refractivity contribution in [2.75, 3.05) is 0 Å². The molecule has 34 heavy (non-hydrogen) atoms. The maximum atomic E-state index is 6.45. The summed E-state index contributed by atoms with van der Waals surface area (Å²) in [7, 11) is -0.828. The van der Waals surface area contributed by atoms with Gasteiger partial charge in [0.15, 0.2) is 0 Å². The summed E-state index contributed by atoms with van der Waals surface area (Å²) in [5.41, 5.74) is 2.87. The zero-order valence-corrected chi connectivity index (χ0v) is 22.8. The zero-order valence-electron chi connectivity index (χ0n) is 22.8. The smallest absolute Gasteiger partial charge is 0.399 e. The summed E-state index contributed by atoms with van der Waals surface area (Å²) in [5, 5.41) is 0. The van der Waals surface area contributed by atoms with E-state index in [1.165, 1.54) is 12.0 Å². The maximum Gasteiger partial charge on any atom is 0.495 e. The first-order chi connectivity index (χ1) is 15.7. The van der Waals surface area contributed by atoms with E-state index in [1.54, 1.807) is 0 Å². The average molecular weight is 464 g/mol. The Kier molecular flexibility index (Phi) is 6.56. The lowest BCUT2D eigenvalue weighted by atomic mass is 9.69. The van der Waals surface area contributed by atoms with Gasteiger partial charge in [-0.25, -0.2) is 0 Å². The molecule has 2 heterocycles. The van der Waals surface area contributed by atoms with Gasteiger partial charge in [0.05, 0.1) is 22.4 Å². The van der Waals surface area contributed by atoms with Crippen LogP contribution >= 0.6 is 0 Å². The van der Waals surface area contributed by atoms with Gasteiger partial charge in [-0.05, 0) is 95.7 Å². The molecule has 184 valence electrons. The molecule has 2 aliphatic heterocycles. The molecule has 3 aliphatic rings. The van der Waals surface area contributed by atoms with Gasteiger partial charge in [0, 0.05) is 0 Å². The van der Waals surface area contributed by atoms with E-state index in [-0.39, 0.29) is 11.2 Å². The molecule has 0 aromatic heterocycles. The number of hydrogen-bond donors (Lipinski definition) is 0. The molecule has 0 amide bonds. The Labute approximate surface area is 207 Å². The van der Waals surface area contributed by atoms with Gasteiger partial charge in [-0.1, -0.05) is 56.7 Å². The Morgan fingerprint density at radius 3 is 1.85 bits per heavy atom. The highest BCUT2D eigenvalue weighted by Crippen LogP contribution is 2.39. The third-order valence-corrected chi connectivity index (χ3v) is 8.93. The fourth-order valence-electron chi connectivity index (χ4n) is 4.69. The first-order valence-electron chi connectivity index (χ1n) is 12.9. The molecule has 0 N–H and O–H groups in total. The minimum absolute atomic E-state index is 0.379. The molecule has 4 rings (SSSR count). The molecule has 1 aromatic rings. The first-order valence-corrected chi connectivity index (χ1v) is 12.9. The Balaban J connectivity index is 1.72. The van der Waals surface area contributed by atoms with Gasteiger partial charge in [-0.15, -0.1) is 0 Å². The van der Waals surface area contributed by atoms with Gasteiger partial charge in [-0.3, -0.25) is 0 Å². The quantitative estimate of drug-likeness (QED) is 0.555. The highest BCUT2D eigenvalue weighted by Gasteiger charge is 2.54. The number of rotatable bonds is 5. The maximum absolute atomic E-state index is 6.45. The van der Waals surface area contributed by atoms with E-state index in [1.807, 2.05) is 0 Å². The van der Waals surface area contributed by atoms with Crippen LogP contribution in [0.5, 0.6) is 0 Å². The van der Waals surface area contributed by atoms with Gasteiger partial charge in [-0.2, -0.15) is 0 Å². The SMILES string of the molecule is CCC(C)C1C=CC(c2cc(B3OC(C)(C)C(C)(C)O3)ccc2B2OC(C)(C)C(C)(C)O2)=CC1. The van der Waals surface area contributed by atoms with Crippen LogP contribution in [0.2, 0.25) is 0 Å². The minimum Gasteiger partial charge on any atom is -0.399 e. The van der Waals surface area contributed by atoms with Crippen molar-refractivity contribution in [1.82, 2.24) is 0 Å². The molecule has 4 nitrogen and oxygen atoms in total. The predicted molar refractivity (Wildman–Crippen MR) is 143 cm³/mol. The second-order valence-corrected chi connectivity index (χ2v) is 12.3. The van der Waals surface area contributed by atoms with Crippen molar-refractivity contribution < 1.29 is 18.6 Å². The van der Waals surface area contributed by atoms with Crippen LogP contribution in [-0.2, 0) is 18.6 Å². The monoisotopic (exact) mass is 464 g/mol. The van der Waals surface area contributed by atoms with Crippen LogP contribution in [0, 0.1) is 11.8 Å². The van der Waals surface area contributed by atoms with Gasteiger partial charge in [0.2, 0.25) is 0 Å². The third-order valence-electron chi connectivity index (χ3n) is 8.93. The molecule has 2 saturated heterocycles. The summed E-state index contributed by atoms with van der Waals surface area (Å²) in [5.74, 6) is 1.26. The Morgan fingerprint density at radius 2 is 1.38 bits per heavy atom. The molecule has 6 heteroatoms. The number of hydrogen-bond acceptors (Lipinski definition) is 4. The predicted octanol–water partition coefficient (Wildman–Crippen LogP) is 5.29. The average Bonchev–Trinajstić information content (AvgIpc) is 3.12. The van der Waals surface area contributed by atoms with E-state index in [4.69, 9.17) is 18.6 Å². The number of benzene rings is 1. The van der Waals surface area contributed by atoms with Gasteiger partial charge < -0.3 is 18.6 Å². The van der Waals surface area contributed by atoms with Crippen molar-refractivity contribution in [3.63, 3.8) is 0 Å².